The minimum Gasteiger partial charge on any atom is -0.504 e. The predicted octanol–water partition coefficient (Wildman–Crippen LogP) is 2.13. The van der Waals surface area contributed by atoms with Crippen molar-refractivity contribution in [3.8, 4) is 11.5 Å². The number of hydrogen-bond acceptors (Lipinski definition) is 4. The number of rotatable bonds is 3. The fourth-order valence-electron chi connectivity index (χ4n) is 2.25. The lowest BCUT2D eigenvalue weighted by Crippen LogP contribution is -2.28. The highest BCUT2D eigenvalue weighted by Crippen LogP contribution is 2.24. The number of nitrogens with one attached hydrogen (secondary N) is 1. The number of carbonyl (C=O) groups excluding carboxylic acids is 1. The molecule has 1 aliphatic carbocycles. The summed E-state index contributed by atoms with van der Waals surface area (Å²) in [5, 5.41) is 22.3. The maximum atomic E-state index is 11.8. The van der Waals surface area contributed by atoms with Crippen LogP contribution in [0.15, 0.2) is 23.3 Å². The number of hydrogen-bond donors (Lipinski definition) is 3. The van der Waals surface area contributed by atoms with Crippen molar-refractivity contribution >= 4 is 12.1 Å². The average Bonchev–Trinajstić information content (AvgIpc) is 2.43. The van der Waals surface area contributed by atoms with E-state index in [2.05, 4.69) is 10.5 Å². The molecule has 1 aromatic rings. The minimum atomic E-state index is -0.206. The van der Waals surface area contributed by atoms with Crippen LogP contribution in [0.1, 0.15) is 37.7 Å². The molecule has 0 radical (unpaired) electrons. The van der Waals surface area contributed by atoms with Crippen LogP contribution in [-0.2, 0) is 4.79 Å². The van der Waals surface area contributed by atoms with Crippen molar-refractivity contribution in [1.82, 2.24) is 5.43 Å². The Morgan fingerprint density at radius 2 is 1.95 bits per heavy atom. The van der Waals surface area contributed by atoms with Gasteiger partial charge in [0.15, 0.2) is 11.5 Å². The van der Waals surface area contributed by atoms with E-state index in [1.165, 1.54) is 24.8 Å². The molecule has 0 aromatic heterocycles. The third-order valence-electron chi connectivity index (χ3n) is 3.36. The molecule has 0 bridgehead atoms. The van der Waals surface area contributed by atoms with Crippen molar-refractivity contribution in [3.05, 3.63) is 23.8 Å². The number of phenols is 2. The van der Waals surface area contributed by atoms with Gasteiger partial charge in [0.1, 0.15) is 0 Å². The molecule has 0 spiro atoms. The van der Waals surface area contributed by atoms with E-state index in [4.69, 9.17) is 5.11 Å². The predicted molar refractivity (Wildman–Crippen MR) is 72.1 cm³/mol. The van der Waals surface area contributed by atoms with Crippen LogP contribution in [0.3, 0.4) is 0 Å². The number of aromatic hydroxyl groups is 2. The summed E-state index contributed by atoms with van der Waals surface area (Å²) in [5.41, 5.74) is 3.13. The molecule has 0 saturated heterocycles. The molecule has 1 aliphatic rings. The molecule has 1 saturated carbocycles. The summed E-state index contributed by atoms with van der Waals surface area (Å²) in [6.45, 7) is 0. The van der Waals surface area contributed by atoms with Gasteiger partial charge < -0.3 is 10.2 Å². The lowest BCUT2D eigenvalue weighted by molar-refractivity contribution is -0.125. The first-order valence-corrected chi connectivity index (χ1v) is 6.52. The summed E-state index contributed by atoms with van der Waals surface area (Å²) < 4.78 is 0. The van der Waals surface area contributed by atoms with Gasteiger partial charge in [0.05, 0.1) is 6.21 Å². The van der Waals surface area contributed by atoms with Gasteiger partial charge in [0.2, 0.25) is 5.91 Å². The monoisotopic (exact) mass is 262 g/mol. The van der Waals surface area contributed by atoms with E-state index in [1.807, 2.05) is 0 Å². The van der Waals surface area contributed by atoms with Crippen LogP contribution in [0, 0.1) is 5.92 Å². The van der Waals surface area contributed by atoms with Crippen LogP contribution in [0.5, 0.6) is 11.5 Å². The van der Waals surface area contributed by atoms with Crippen molar-refractivity contribution in [3.63, 3.8) is 0 Å². The normalized spacial score (nSPS) is 16.6. The molecule has 2 rings (SSSR count). The van der Waals surface area contributed by atoms with Gasteiger partial charge in [-0.25, -0.2) is 5.43 Å². The van der Waals surface area contributed by atoms with E-state index < -0.39 is 0 Å². The molecule has 1 aromatic carbocycles. The van der Waals surface area contributed by atoms with Crippen molar-refractivity contribution in [2.24, 2.45) is 11.0 Å². The summed E-state index contributed by atoms with van der Waals surface area (Å²) in [4.78, 5) is 11.8. The standard InChI is InChI=1S/C14H18N2O3/c17-12-7-6-10(8-13(12)18)9-15-16-14(19)11-4-2-1-3-5-11/h6-9,11,17-18H,1-5H2,(H,16,19). The van der Waals surface area contributed by atoms with Crippen molar-refractivity contribution < 1.29 is 15.0 Å². The molecule has 1 fully saturated rings. The second-order valence-electron chi connectivity index (χ2n) is 4.82. The molecule has 0 aliphatic heterocycles. The van der Waals surface area contributed by atoms with Gasteiger partial charge >= 0.3 is 0 Å². The Morgan fingerprint density at radius 3 is 2.63 bits per heavy atom. The molecule has 19 heavy (non-hydrogen) atoms. The number of benzene rings is 1. The first-order valence-electron chi connectivity index (χ1n) is 6.52. The van der Waals surface area contributed by atoms with Crippen molar-refractivity contribution in [2.75, 3.05) is 0 Å². The van der Waals surface area contributed by atoms with Crippen molar-refractivity contribution in [2.45, 2.75) is 32.1 Å². The lowest BCUT2D eigenvalue weighted by Gasteiger charge is -2.19. The highest BCUT2D eigenvalue weighted by molar-refractivity contribution is 5.84. The largest absolute Gasteiger partial charge is 0.504 e. The highest BCUT2D eigenvalue weighted by atomic mass is 16.3. The molecule has 5 nitrogen and oxygen atoms in total. The summed E-state index contributed by atoms with van der Waals surface area (Å²) >= 11 is 0. The van der Waals surface area contributed by atoms with Gasteiger partial charge in [-0.1, -0.05) is 19.3 Å². The molecular formula is C14H18N2O3. The smallest absolute Gasteiger partial charge is 0.243 e. The van der Waals surface area contributed by atoms with Gasteiger partial charge in [-0.05, 0) is 36.6 Å². The molecule has 1 amide bonds. The quantitative estimate of drug-likeness (QED) is 0.443. The minimum absolute atomic E-state index is 0.0426. The topological polar surface area (TPSA) is 81.9 Å². The SMILES string of the molecule is O=C(NN=Cc1ccc(O)c(O)c1)C1CCCCC1. The maximum absolute atomic E-state index is 11.8. The third-order valence-corrected chi connectivity index (χ3v) is 3.36. The fourth-order valence-corrected chi connectivity index (χ4v) is 2.25. The second-order valence-corrected chi connectivity index (χ2v) is 4.82. The fraction of sp³-hybridized carbons (Fsp3) is 0.429. The zero-order valence-corrected chi connectivity index (χ0v) is 10.7. The molecule has 0 heterocycles. The summed E-state index contributed by atoms with van der Waals surface area (Å²) in [6.07, 6.45) is 6.73. The van der Waals surface area contributed by atoms with E-state index in [0.29, 0.717) is 5.56 Å². The van der Waals surface area contributed by atoms with Crippen LogP contribution >= 0.6 is 0 Å². The second kappa shape index (κ2) is 6.22. The number of amides is 1. The maximum Gasteiger partial charge on any atom is 0.243 e. The van der Waals surface area contributed by atoms with Crippen LogP contribution in [0.4, 0.5) is 0 Å². The molecular weight excluding hydrogens is 244 g/mol. The van der Waals surface area contributed by atoms with Crippen LogP contribution in [0.25, 0.3) is 0 Å². The van der Waals surface area contributed by atoms with E-state index >= 15 is 0 Å². The van der Waals surface area contributed by atoms with Crippen LogP contribution in [0.2, 0.25) is 0 Å². The van der Waals surface area contributed by atoms with Gasteiger partial charge in [-0.15, -0.1) is 0 Å². The summed E-state index contributed by atoms with van der Waals surface area (Å²) in [6, 6.07) is 4.36. The average molecular weight is 262 g/mol. The Hall–Kier alpha value is -2.04. The van der Waals surface area contributed by atoms with Gasteiger partial charge in [-0.3, -0.25) is 4.79 Å². The van der Waals surface area contributed by atoms with E-state index in [-0.39, 0.29) is 23.3 Å². The Labute approximate surface area is 112 Å². The summed E-state index contributed by atoms with van der Waals surface area (Å²) in [7, 11) is 0. The third kappa shape index (κ3) is 3.71. The van der Waals surface area contributed by atoms with Crippen LogP contribution < -0.4 is 5.43 Å². The summed E-state index contributed by atoms with van der Waals surface area (Å²) in [5.74, 6) is -0.357. The number of nitrogens with zero attached hydrogens (tertiary/aromatic N) is 1. The molecule has 0 unspecified atom stereocenters. The van der Waals surface area contributed by atoms with E-state index in [1.54, 1.807) is 6.07 Å². The Balaban J connectivity index is 1.88. The number of hydrazone groups is 1. The zero-order chi connectivity index (χ0) is 13.7. The van der Waals surface area contributed by atoms with Crippen molar-refractivity contribution in [1.29, 1.82) is 0 Å². The first-order chi connectivity index (χ1) is 9.16. The molecule has 0 atom stereocenters. The number of phenolic OH excluding ortho intramolecular Hbond substituents is 2. The zero-order valence-electron chi connectivity index (χ0n) is 10.7. The molecule has 102 valence electrons. The number of carbonyl (C=O) groups is 1. The lowest BCUT2D eigenvalue weighted by atomic mass is 9.89. The van der Waals surface area contributed by atoms with E-state index in [0.717, 1.165) is 25.7 Å². The van der Waals surface area contributed by atoms with E-state index in [9.17, 15) is 9.90 Å². The highest BCUT2D eigenvalue weighted by Gasteiger charge is 2.20. The molecule has 3 N–H and O–H groups in total. The van der Waals surface area contributed by atoms with Gasteiger partial charge in [-0.2, -0.15) is 5.10 Å². The Kier molecular flexibility index (Phi) is 4.39. The van der Waals surface area contributed by atoms with Crippen LogP contribution in [-0.4, -0.2) is 22.3 Å². The molecule has 5 heteroatoms. The Bertz CT molecular complexity index is 480. The van der Waals surface area contributed by atoms with Gasteiger partial charge in [0, 0.05) is 5.92 Å². The van der Waals surface area contributed by atoms with Gasteiger partial charge in [0.25, 0.3) is 0 Å². The first kappa shape index (κ1) is 13.4. The Morgan fingerprint density at radius 1 is 1.21 bits per heavy atom.